The Kier molecular flexibility index (Phi) is 3.98. The van der Waals surface area contributed by atoms with Crippen molar-refractivity contribution in [2.75, 3.05) is 7.11 Å². The van der Waals surface area contributed by atoms with E-state index in [1.807, 2.05) is 5.43 Å². The molecule has 0 radical (unpaired) electrons. The van der Waals surface area contributed by atoms with E-state index >= 15 is 0 Å². The molecular weight excluding hydrogens is 230 g/mol. The maximum Gasteiger partial charge on any atom is 0.427 e. The van der Waals surface area contributed by atoms with E-state index in [2.05, 4.69) is 9.84 Å². The Bertz CT molecular complexity index is 472. The van der Waals surface area contributed by atoms with Crippen LogP contribution in [0.3, 0.4) is 0 Å². The summed E-state index contributed by atoms with van der Waals surface area (Å²) in [7, 11) is 1.18. The number of phenolic OH excluding ortho intramolecular Hbond substituents is 1. The zero-order chi connectivity index (χ0) is 12.8. The number of nitrogens with zero attached hydrogens (tertiary/aromatic N) is 2. The molecule has 1 rings (SSSR count). The summed E-state index contributed by atoms with van der Waals surface area (Å²) in [5.41, 5.74) is 1.93. The number of phenols is 1. The highest BCUT2D eigenvalue weighted by Gasteiger charge is 2.12. The van der Waals surface area contributed by atoms with Crippen molar-refractivity contribution in [3.8, 4) is 5.75 Å². The third-order valence-electron chi connectivity index (χ3n) is 1.75. The van der Waals surface area contributed by atoms with Crippen LogP contribution in [-0.4, -0.2) is 29.4 Å². The Morgan fingerprint density at radius 2 is 2.35 bits per heavy atom. The van der Waals surface area contributed by atoms with E-state index in [0.717, 1.165) is 12.1 Å². The minimum atomic E-state index is -0.755. The fourth-order valence-corrected chi connectivity index (χ4v) is 0.972. The number of hydrazone groups is 1. The molecule has 17 heavy (non-hydrogen) atoms. The minimum Gasteiger partial charge on any atom is -0.502 e. The number of carbonyl (C=O) groups is 1. The van der Waals surface area contributed by atoms with Crippen LogP contribution in [0.5, 0.6) is 5.75 Å². The summed E-state index contributed by atoms with van der Waals surface area (Å²) in [6.07, 6.45) is 0.429. The van der Waals surface area contributed by atoms with E-state index in [0.29, 0.717) is 5.56 Å². The van der Waals surface area contributed by atoms with Gasteiger partial charge in [-0.1, -0.05) is 0 Å². The highest BCUT2D eigenvalue weighted by molar-refractivity contribution is 5.82. The summed E-state index contributed by atoms with van der Waals surface area (Å²) >= 11 is 0. The number of amides is 1. The van der Waals surface area contributed by atoms with Gasteiger partial charge in [0.05, 0.1) is 18.2 Å². The van der Waals surface area contributed by atoms with Crippen LogP contribution in [0.15, 0.2) is 23.3 Å². The summed E-state index contributed by atoms with van der Waals surface area (Å²) in [5, 5.41) is 23.2. The maximum absolute atomic E-state index is 10.6. The molecule has 0 saturated heterocycles. The number of ether oxygens (including phenoxy) is 1. The number of nitrogens with one attached hydrogen (secondary N) is 1. The normalized spacial score (nSPS) is 10.2. The van der Waals surface area contributed by atoms with Crippen LogP contribution in [0.25, 0.3) is 0 Å². The van der Waals surface area contributed by atoms with E-state index in [4.69, 9.17) is 0 Å². The van der Waals surface area contributed by atoms with Gasteiger partial charge in [0.25, 0.3) is 0 Å². The zero-order valence-corrected chi connectivity index (χ0v) is 8.78. The Labute approximate surface area is 95.7 Å². The third kappa shape index (κ3) is 3.45. The minimum absolute atomic E-state index is 0.353. The molecule has 0 atom stereocenters. The second-order valence-corrected chi connectivity index (χ2v) is 2.87. The standard InChI is InChI=1S/C9H9N3O5/c1-17-9(14)11-10-5-6-2-3-8(13)7(4-6)12(15)16/h2-5,13H,1H3,(H,11,14)/b10-5-. The van der Waals surface area contributed by atoms with E-state index in [1.165, 1.54) is 19.4 Å². The summed E-state index contributed by atoms with van der Waals surface area (Å²) in [6, 6.07) is 3.69. The van der Waals surface area contributed by atoms with Gasteiger partial charge in [0.2, 0.25) is 0 Å². The number of methoxy groups -OCH3 is 1. The van der Waals surface area contributed by atoms with Gasteiger partial charge in [-0.2, -0.15) is 5.10 Å². The van der Waals surface area contributed by atoms with Crippen molar-refractivity contribution in [2.45, 2.75) is 0 Å². The van der Waals surface area contributed by atoms with Crippen LogP contribution in [0.2, 0.25) is 0 Å². The molecule has 0 fully saturated rings. The molecule has 0 heterocycles. The molecule has 0 bridgehead atoms. The lowest BCUT2D eigenvalue weighted by molar-refractivity contribution is -0.385. The molecule has 1 amide bonds. The van der Waals surface area contributed by atoms with E-state index in [-0.39, 0.29) is 0 Å². The SMILES string of the molecule is COC(=O)N/N=C\c1ccc(O)c([N+](=O)[O-])c1. The zero-order valence-electron chi connectivity index (χ0n) is 8.78. The van der Waals surface area contributed by atoms with Crippen LogP contribution in [-0.2, 0) is 4.74 Å². The topological polar surface area (TPSA) is 114 Å². The van der Waals surface area contributed by atoms with Crippen LogP contribution < -0.4 is 5.43 Å². The average Bonchev–Trinajstić information content (AvgIpc) is 2.30. The van der Waals surface area contributed by atoms with Gasteiger partial charge in [0.1, 0.15) is 0 Å². The van der Waals surface area contributed by atoms with Gasteiger partial charge in [-0.3, -0.25) is 10.1 Å². The van der Waals surface area contributed by atoms with Gasteiger partial charge < -0.3 is 9.84 Å². The molecule has 0 aliphatic heterocycles. The number of nitro benzene ring substituents is 1. The smallest absolute Gasteiger partial charge is 0.427 e. The summed E-state index contributed by atoms with van der Waals surface area (Å²) in [5.74, 6) is -0.437. The first kappa shape index (κ1) is 12.4. The molecule has 0 spiro atoms. The molecule has 2 N–H and O–H groups in total. The van der Waals surface area contributed by atoms with Crippen molar-refractivity contribution >= 4 is 18.0 Å². The first-order chi connectivity index (χ1) is 8.04. The fourth-order valence-electron chi connectivity index (χ4n) is 0.972. The first-order valence-electron chi connectivity index (χ1n) is 4.39. The second-order valence-electron chi connectivity index (χ2n) is 2.87. The molecule has 1 aromatic carbocycles. The molecule has 1 aromatic rings. The third-order valence-corrected chi connectivity index (χ3v) is 1.75. The molecule has 0 unspecified atom stereocenters. The van der Waals surface area contributed by atoms with Gasteiger partial charge in [-0.15, -0.1) is 0 Å². The molecule has 0 aliphatic carbocycles. The van der Waals surface area contributed by atoms with Crippen molar-refractivity contribution in [2.24, 2.45) is 5.10 Å². The highest BCUT2D eigenvalue weighted by atomic mass is 16.6. The molecule has 90 valence electrons. The predicted octanol–water partition coefficient (Wildman–Crippen LogP) is 0.990. The van der Waals surface area contributed by atoms with Crippen molar-refractivity contribution < 1.29 is 19.6 Å². The summed E-state index contributed by atoms with van der Waals surface area (Å²) in [6.45, 7) is 0. The second kappa shape index (κ2) is 5.45. The van der Waals surface area contributed by atoms with E-state index in [1.54, 1.807) is 0 Å². The lowest BCUT2D eigenvalue weighted by Crippen LogP contribution is -2.16. The van der Waals surface area contributed by atoms with Crippen molar-refractivity contribution in [1.82, 2.24) is 5.43 Å². The van der Waals surface area contributed by atoms with Crippen molar-refractivity contribution in [3.63, 3.8) is 0 Å². The molecular formula is C9H9N3O5. The Balaban J connectivity index is 2.82. The van der Waals surface area contributed by atoms with E-state index < -0.39 is 22.5 Å². The van der Waals surface area contributed by atoms with Crippen molar-refractivity contribution in [3.05, 3.63) is 33.9 Å². The number of carbonyl (C=O) groups excluding carboxylic acids is 1. The number of aromatic hydroxyl groups is 1. The first-order valence-corrected chi connectivity index (χ1v) is 4.39. The van der Waals surface area contributed by atoms with Gasteiger partial charge in [0.15, 0.2) is 5.75 Å². The molecule has 0 saturated carbocycles. The number of nitro groups is 1. The van der Waals surface area contributed by atoms with Gasteiger partial charge in [-0.25, -0.2) is 10.2 Å². The summed E-state index contributed by atoms with van der Waals surface area (Å²) in [4.78, 5) is 20.4. The number of hydrogen-bond acceptors (Lipinski definition) is 6. The van der Waals surface area contributed by atoms with Crippen LogP contribution in [0.4, 0.5) is 10.5 Å². The van der Waals surface area contributed by atoms with Crippen LogP contribution in [0, 0.1) is 10.1 Å². The van der Waals surface area contributed by atoms with Crippen LogP contribution in [0.1, 0.15) is 5.56 Å². The monoisotopic (exact) mass is 239 g/mol. The molecule has 0 aromatic heterocycles. The molecule has 8 nitrogen and oxygen atoms in total. The number of hydrogen-bond donors (Lipinski definition) is 2. The lowest BCUT2D eigenvalue weighted by atomic mass is 10.2. The fraction of sp³-hybridized carbons (Fsp3) is 0.111. The average molecular weight is 239 g/mol. The quantitative estimate of drug-likeness (QED) is 0.463. The largest absolute Gasteiger partial charge is 0.502 e. The van der Waals surface area contributed by atoms with Gasteiger partial charge >= 0.3 is 11.8 Å². The van der Waals surface area contributed by atoms with Crippen molar-refractivity contribution in [1.29, 1.82) is 0 Å². The lowest BCUT2D eigenvalue weighted by Gasteiger charge is -1.98. The summed E-state index contributed by atoms with van der Waals surface area (Å²) < 4.78 is 4.26. The van der Waals surface area contributed by atoms with Crippen LogP contribution >= 0.6 is 0 Å². The maximum atomic E-state index is 10.6. The number of benzene rings is 1. The molecule has 8 heteroatoms. The Hall–Kier alpha value is -2.64. The number of rotatable bonds is 3. The molecule has 0 aliphatic rings. The predicted molar refractivity (Wildman–Crippen MR) is 57.9 cm³/mol. The Morgan fingerprint density at radius 1 is 1.65 bits per heavy atom. The Morgan fingerprint density at radius 3 is 2.94 bits per heavy atom. The van der Waals surface area contributed by atoms with Gasteiger partial charge in [-0.05, 0) is 12.1 Å². The van der Waals surface area contributed by atoms with E-state index in [9.17, 15) is 20.0 Å². The van der Waals surface area contributed by atoms with Gasteiger partial charge in [0, 0.05) is 11.6 Å². The highest BCUT2D eigenvalue weighted by Crippen LogP contribution is 2.25.